The number of amides is 1. The molecule has 1 amide bonds. The minimum Gasteiger partial charge on any atom is -0.353 e. The van der Waals surface area contributed by atoms with E-state index in [4.69, 9.17) is 9.47 Å². The predicted molar refractivity (Wildman–Crippen MR) is 57.8 cm³/mol. The Labute approximate surface area is 95.7 Å². The Bertz CT molecular complexity index is 282. The first-order valence-corrected chi connectivity index (χ1v) is 6.37. The summed E-state index contributed by atoms with van der Waals surface area (Å²) in [6.45, 7) is 1.24. The summed E-state index contributed by atoms with van der Waals surface area (Å²) in [4.78, 5) is 11.5. The molecule has 4 heteroatoms. The van der Waals surface area contributed by atoms with Crippen LogP contribution in [0, 0.1) is 5.92 Å². The van der Waals surface area contributed by atoms with Crippen LogP contribution in [0.4, 0.5) is 0 Å². The van der Waals surface area contributed by atoms with Crippen molar-refractivity contribution in [3.05, 3.63) is 0 Å². The minimum atomic E-state index is -0.297. The van der Waals surface area contributed by atoms with E-state index in [0.717, 1.165) is 25.7 Å². The Kier molecular flexibility index (Phi) is 2.64. The van der Waals surface area contributed by atoms with Crippen molar-refractivity contribution in [1.29, 1.82) is 0 Å². The summed E-state index contributed by atoms with van der Waals surface area (Å²) in [6.07, 6.45) is 6.58. The Balaban J connectivity index is 1.44. The van der Waals surface area contributed by atoms with Gasteiger partial charge in [0.2, 0.25) is 5.91 Å². The predicted octanol–water partition coefficient (Wildman–Crippen LogP) is 1.20. The van der Waals surface area contributed by atoms with Crippen molar-refractivity contribution in [1.82, 2.24) is 5.32 Å². The Morgan fingerprint density at radius 1 is 1.31 bits per heavy atom. The molecule has 0 aromatic rings. The van der Waals surface area contributed by atoms with E-state index in [1.54, 1.807) is 0 Å². The fourth-order valence-corrected chi connectivity index (χ4v) is 2.60. The minimum absolute atomic E-state index is 0.0563. The molecule has 0 bridgehead atoms. The standard InChI is InChI=1S/C12H19NO3/c14-11(9-3-4-9)13-7-10-8-15-12(16-10)5-1-2-6-12/h9-10H,1-8H2,(H,13,14). The molecule has 1 aliphatic heterocycles. The normalized spacial score (nSPS) is 32.1. The fourth-order valence-electron chi connectivity index (χ4n) is 2.60. The number of carbonyl (C=O) groups excluding carboxylic acids is 1. The highest BCUT2D eigenvalue weighted by Crippen LogP contribution is 2.39. The van der Waals surface area contributed by atoms with E-state index >= 15 is 0 Å². The van der Waals surface area contributed by atoms with E-state index in [9.17, 15) is 4.79 Å². The smallest absolute Gasteiger partial charge is 0.223 e. The second-order valence-corrected chi connectivity index (χ2v) is 5.19. The van der Waals surface area contributed by atoms with Gasteiger partial charge >= 0.3 is 0 Å². The van der Waals surface area contributed by atoms with Crippen LogP contribution in [-0.4, -0.2) is 30.9 Å². The van der Waals surface area contributed by atoms with Crippen LogP contribution in [0.5, 0.6) is 0 Å². The Morgan fingerprint density at radius 2 is 2.06 bits per heavy atom. The summed E-state index contributed by atoms with van der Waals surface area (Å²) in [5.41, 5.74) is 0. The third-order valence-electron chi connectivity index (χ3n) is 3.73. The number of nitrogens with one attached hydrogen (secondary N) is 1. The monoisotopic (exact) mass is 225 g/mol. The largest absolute Gasteiger partial charge is 0.353 e. The van der Waals surface area contributed by atoms with Crippen LogP contribution in [0.2, 0.25) is 0 Å². The van der Waals surface area contributed by atoms with Gasteiger partial charge in [-0.1, -0.05) is 0 Å². The van der Waals surface area contributed by atoms with E-state index < -0.39 is 0 Å². The third kappa shape index (κ3) is 2.09. The fraction of sp³-hybridized carbons (Fsp3) is 0.917. The van der Waals surface area contributed by atoms with Crippen molar-refractivity contribution in [3.63, 3.8) is 0 Å². The van der Waals surface area contributed by atoms with Crippen LogP contribution in [0.1, 0.15) is 38.5 Å². The van der Waals surface area contributed by atoms with Crippen LogP contribution < -0.4 is 5.32 Å². The lowest BCUT2D eigenvalue weighted by molar-refractivity contribution is -0.161. The first-order valence-electron chi connectivity index (χ1n) is 6.37. The molecule has 1 spiro atoms. The van der Waals surface area contributed by atoms with Gasteiger partial charge in [0.1, 0.15) is 6.10 Å². The average molecular weight is 225 g/mol. The highest BCUT2D eigenvalue weighted by atomic mass is 16.7. The molecule has 2 saturated carbocycles. The second kappa shape index (κ2) is 4.00. The number of hydrogen-bond donors (Lipinski definition) is 1. The molecule has 3 aliphatic rings. The van der Waals surface area contributed by atoms with Crippen molar-refractivity contribution in [2.75, 3.05) is 13.2 Å². The summed E-state index contributed by atoms with van der Waals surface area (Å²) in [6, 6.07) is 0. The molecule has 1 unspecified atom stereocenters. The molecule has 2 aliphatic carbocycles. The first kappa shape index (κ1) is 10.5. The number of hydrogen-bond acceptors (Lipinski definition) is 3. The van der Waals surface area contributed by atoms with Gasteiger partial charge in [0.25, 0.3) is 0 Å². The van der Waals surface area contributed by atoms with Crippen molar-refractivity contribution in [3.8, 4) is 0 Å². The number of ether oxygens (including phenoxy) is 2. The molecule has 3 rings (SSSR count). The first-order chi connectivity index (χ1) is 7.77. The van der Waals surface area contributed by atoms with Crippen molar-refractivity contribution in [2.24, 2.45) is 5.92 Å². The molecule has 4 nitrogen and oxygen atoms in total. The van der Waals surface area contributed by atoms with Gasteiger partial charge in [-0.15, -0.1) is 0 Å². The van der Waals surface area contributed by atoms with E-state index in [2.05, 4.69) is 5.32 Å². The SMILES string of the molecule is O=C(NCC1COC2(CCCC2)O1)C1CC1. The van der Waals surface area contributed by atoms with Crippen molar-refractivity contribution < 1.29 is 14.3 Å². The molecule has 0 radical (unpaired) electrons. The van der Waals surface area contributed by atoms with Crippen molar-refractivity contribution in [2.45, 2.75) is 50.4 Å². The Hall–Kier alpha value is -0.610. The van der Waals surface area contributed by atoms with Crippen LogP contribution >= 0.6 is 0 Å². The highest BCUT2D eigenvalue weighted by Gasteiger charge is 2.43. The van der Waals surface area contributed by atoms with Crippen LogP contribution in [0.3, 0.4) is 0 Å². The molecule has 0 aromatic heterocycles. The average Bonchev–Trinajstić information content (AvgIpc) is 2.94. The third-order valence-corrected chi connectivity index (χ3v) is 3.73. The van der Waals surface area contributed by atoms with Gasteiger partial charge in [-0.2, -0.15) is 0 Å². The molecule has 16 heavy (non-hydrogen) atoms. The van der Waals surface area contributed by atoms with Gasteiger partial charge in [-0.3, -0.25) is 4.79 Å². The molecule has 3 fully saturated rings. The maximum Gasteiger partial charge on any atom is 0.223 e. The molecule has 90 valence electrons. The maximum absolute atomic E-state index is 11.5. The molecule has 1 saturated heterocycles. The zero-order valence-electron chi connectivity index (χ0n) is 9.54. The molecule has 1 N–H and O–H groups in total. The Morgan fingerprint density at radius 3 is 2.75 bits per heavy atom. The summed E-state index contributed by atoms with van der Waals surface area (Å²) < 4.78 is 11.7. The summed E-state index contributed by atoms with van der Waals surface area (Å²) in [5.74, 6) is 0.174. The van der Waals surface area contributed by atoms with E-state index in [-0.39, 0.29) is 23.7 Å². The van der Waals surface area contributed by atoms with Crippen LogP contribution in [0.15, 0.2) is 0 Å². The molecular weight excluding hydrogens is 206 g/mol. The summed E-state index contributed by atoms with van der Waals surface area (Å²) in [5, 5.41) is 2.95. The zero-order valence-corrected chi connectivity index (χ0v) is 9.54. The van der Waals surface area contributed by atoms with E-state index in [1.807, 2.05) is 0 Å². The number of rotatable bonds is 3. The van der Waals surface area contributed by atoms with Crippen LogP contribution in [0.25, 0.3) is 0 Å². The van der Waals surface area contributed by atoms with Gasteiger partial charge in [0.15, 0.2) is 5.79 Å². The van der Waals surface area contributed by atoms with Gasteiger partial charge in [-0.25, -0.2) is 0 Å². The number of carbonyl (C=O) groups is 1. The van der Waals surface area contributed by atoms with Gasteiger partial charge in [0, 0.05) is 25.3 Å². The lowest BCUT2D eigenvalue weighted by atomic mass is 10.2. The van der Waals surface area contributed by atoms with Crippen LogP contribution in [-0.2, 0) is 14.3 Å². The van der Waals surface area contributed by atoms with Crippen molar-refractivity contribution >= 4 is 5.91 Å². The lowest BCUT2D eigenvalue weighted by Crippen LogP contribution is -2.35. The lowest BCUT2D eigenvalue weighted by Gasteiger charge is -2.21. The highest BCUT2D eigenvalue weighted by molar-refractivity contribution is 5.80. The van der Waals surface area contributed by atoms with Gasteiger partial charge < -0.3 is 14.8 Å². The molecule has 0 aromatic carbocycles. The second-order valence-electron chi connectivity index (χ2n) is 5.19. The molecular formula is C12H19NO3. The van der Waals surface area contributed by atoms with Gasteiger partial charge in [0.05, 0.1) is 6.61 Å². The molecule has 1 heterocycles. The maximum atomic E-state index is 11.5. The molecule has 1 atom stereocenters. The quantitative estimate of drug-likeness (QED) is 0.785. The van der Waals surface area contributed by atoms with Gasteiger partial charge in [-0.05, 0) is 25.7 Å². The van der Waals surface area contributed by atoms with E-state index in [1.165, 1.54) is 12.8 Å². The topological polar surface area (TPSA) is 47.6 Å². The zero-order chi connectivity index (χ0) is 11.0. The summed E-state index contributed by atoms with van der Waals surface area (Å²) in [7, 11) is 0. The van der Waals surface area contributed by atoms with E-state index in [0.29, 0.717) is 13.2 Å². The summed E-state index contributed by atoms with van der Waals surface area (Å²) >= 11 is 0.